The van der Waals surface area contributed by atoms with Gasteiger partial charge in [-0.1, -0.05) is 32.5 Å². The normalized spacial score (nSPS) is 14.3. The summed E-state index contributed by atoms with van der Waals surface area (Å²) < 4.78 is 5.26. The van der Waals surface area contributed by atoms with E-state index in [2.05, 4.69) is 17.9 Å². The summed E-state index contributed by atoms with van der Waals surface area (Å²) in [4.78, 5) is 11.5. The summed E-state index contributed by atoms with van der Waals surface area (Å²) in [7, 11) is 0. The molecule has 0 fully saturated rings. The van der Waals surface area contributed by atoms with Gasteiger partial charge in [0.05, 0.1) is 6.61 Å². The van der Waals surface area contributed by atoms with Gasteiger partial charge in [0.15, 0.2) is 0 Å². The topological polar surface area (TPSA) is 38.3 Å². The minimum atomic E-state index is -0.384. The van der Waals surface area contributed by atoms with Crippen molar-refractivity contribution in [3.8, 4) is 0 Å². The first-order valence-corrected chi connectivity index (χ1v) is 5.54. The van der Waals surface area contributed by atoms with Gasteiger partial charge in [-0.3, -0.25) is 0 Å². The average Bonchev–Trinajstić information content (AvgIpc) is 2.13. The van der Waals surface area contributed by atoms with Gasteiger partial charge in [0.2, 0.25) is 0 Å². The summed E-state index contributed by atoms with van der Waals surface area (Å²) in [6, 6.07) is -0.384. The molecule has 0 aliphatic rings. The fraction of sp³-hybridized carbons (Fsp3) is 0.778. The van der Waals surface area contributed by atoms with Crippen LogP contribution in [0.1, 0.15) is 27.2 Å². The number of rotatable bonds is 5. The summed E-state index contributed by atoms with van der Waals surface area (Å²) >= 11 is 8.73. The second-order valence-corrected chi connectivity index (χ2v) is 4.22. The zero-order chi connectivity index (χ0) is 11.1. The summed E-state index contributed by atoms with van der Waals surface area (Å²) in [5.74, 6) is -0.0857. The van der Waals surface area contributed by atoms with Crippen LogP contribution in [0.15, 0.2) is 0 Å². The Morgan fingerprint density at radius 2 is 2.14 bits per heavy atom. The van der Waals surface area contributed by atoms with Crippen LogP contribution < -0.4 is 5.32 Å². The van der Waals surface area contributed by atoms with E-state index in [-0.39, 0.29) is 17.9 Å². The lowest BCUT2D eigenvalue weighted by atomic mass is 10.00. The number of carbonyl (C=O) groups excluding carboxylic acids is 1. The molecule has 82 valence electrons. The van der Waals surface area contributed by atoms with Crippen LogP contribution in [0.25, 0.3) is 0 Å². The number of hydrogen-bond acceptors (Lipinski definition) is 3. The molecule has 0 aromatic heterocycles. The first kappa shape index (κ1) is 13.7. The van der Waals surface area contributed by atoms with Gasteiger partial charge in [-0.2, -0.15) is 0 Å². The SMILES string of the molecule is CCOC(=O)[C@@H](NC(=S)S)[C@@H](C)CC. The number of carbonyl (C=O) groups is 1. The molecule has 0 spiro atoms. The number of ether oxygens (including phenoxy) is 1. The van der Waals surface area contributed by atoms with Crippen LogP contribution >= 0.6 is 24.8 Å². The first-order chi connectivity index (χ1) is 6.52. The Balaban J connectivity index is 4.37. The molecule has 5 heteroatoms. The Hall–Kier alpha value is -0.290. The van der Waals surface area contributed by atoms with E-state index in [4.69, 9.17) is 17.0 Å². The maximum Gasteiger partial charge on any atom is 0.328 e. The van der Waals surface area contributed by atoms with Crippen molar-refractivity contribution in [2.24, 2.45) is 5.92 Å². The molecule has 0 saturated heterocycles. The summed E-state index contributed by atoms with van der Waals surface area (Å²) in [6.45, 7) is 6.15. The van der Waals surface area contributed by atoms with Crippen molar-refractivity contribution in [1.82, 2.24) is 5.32 Å². The fourth-order valence-electron chi connectivity index (χ4n) is 1.03. The van der Waals surface area contributed by atoms with Crippen LogP contribution in [0.3, 0.4) is 0 Å². The highest BCUT2D eigenvalue weighted by molar-refractivity contribution is 8.11. The highest BCUT2D eigenvalue weighted by Gasteiger charge is 2.25. The lowest BCUT2D eigenvalue weighted by Gasteiger charge is -2.22. The monoisotopic (exact) mass is 235 g/mol. The van der Waals surface area contributed by atoms with Crippen molar-refractivity contribution in [2.45, 2.75) is 33.2 Å². The third-order valence-electron chi connectivity index (χ3n) is 2.03. The molecule has 14 heavy (non-hydrogen) atoms. The molecule has 3 nitrogen and oxygen atoms in total. The quantitative estimate of drug-likeness (QED) is 0.433. The maximum atomic E-state index is 11.5. The molecule has 0 amide bonds. The zero-order valence-electron chi connectivity index (χ0n) is 8.74. The highest BCUT2D eigenvalue weighted by atomic mass is 32.1. The molecule has 0 aromatic rings. The number of hydrogen-bond donors (Lipinski definition) is 2. The molecule has 0 unspecified atom stereocenters. The Kier molecular flexibility index (Phi) is 6.92. The minimum absolute atomic E-state index is 0.180. The van der Waals surface area contributed by atoms with E-state index < -0.39 is 0 Å². The van der Waals surface area contributed by atoms with Crippen LogP contribution in [0.4, 0.5) is 0 Å². The zero-order valence-corrected chi connectivity index (χ0v) is 10.5. The molecule has 0 aromatic carbocycles. The maximum absolute atomic E-state index is 11.5. The molecule has 0 bridgehead atoms. The van der Waals surface area contributed by atoms with Crippen LogP contribution in [0, 0.1) is 5.92 Å². The summed E-state index contributed by atoms with van der Waals surface area (Å²) in [6.07, 6.45) is 0.882. The standard InChI is InChI=1S/C9H17NO2S2/c1-4-6(3)7(10-9(13)14)8(11)12-5-2/h6-7H,4-5H2,1-3H3,(H2,10,13,14)/t6-,7-/m0/s1. The molecular formula is C9H17NO2S2. The molecule has 2 atom stereocenters. The lowest BCUT2D eigenvalue weighted by Crippen LogP contribution is -2.44. The predicted octanol–water partition coefficient (Wildman–Crippen LogP) is 1.77. The average molecular weight is 235 g/mol. The smallest absolute Gasteiger partial charge is 0.328 e. The van der Waals surface area contributed by atoms with Crippen LogP contribution in [0.2, 0.25) is 0 Å². The van der Waals surface area contributed by atoms with Crippen molar-refractivity contribution in [3.63, 3.8) is 0 Å². The first-order valence-electron chi connectivity index (χ1n) is 4.69. The van der Waals surface area contributed by atoms with Gasteiger partial charge >= 0.3 is 5.97 Å². The Morgan fingerprint density at radius 1 is 1.57 bits per heavy atom. The Labute approximate surface area is 96.0 Å². The molecule has 0 rings (SSSR count). The Morgan fingerprint density at radius 3 is 2.50 bits per heavy atom. The van der Waals surface area contributed by atoms with E-state index in [9.17, 15) is 4.79 Å². The molecule has 0 aliphatic heterocycles. The molecule has 1 N–H and O–H groups in total. The van der Waals surface area contributed by atoms with E-state index in [1.54, 1.807) is 6.92 Å². The number of esters is 1. The van der Waals surface area contributed by atoms with Gasteiger partial charge in [-0.15, -0.1) is 12.6 Å². The van der Waals surface area contributed by atoms with Crippen LogP contribution in [0.5, 0.6) is 0 Å². The second kappa shape index (κ2) is 7.06. The molecule has 0 radical (unpaired) electrons. The third kappa shape index (κ3) is 4.81. The number of nitrogens with one attached hydrogen (secondary N) is 1. The Bertz CT molecular complexity index is 209. The van der Waals surface area contributed by atoms with Gasteiger partial charge in [-0.25, -0.2) is 4.79 Å². The highest BCUT2D eigenvalue weighted by Crippen LogP contribution is 2.10. The van der Waals surface area contributed by atoms with Crippen LogP contribution in [-0.4, -0.2) is 22.9 Å². The van der Waals surface area contributed by atoms with Crippen molar-refractivity contribution >= 4 is 35.1 Å². The second-order valence-electron chi connectivity index (χ2n) is 3.06. The van der Waals surface area contributed by atoms with Crippen LogP contribution in [-0.2, 0) is 9.53 Å². The number of thiol groups is 1. The van der Waals surface area contributed by atoms with Gasteiger partial charge in [0, 0.05) is 0 Å². The summed E-state index contributed by atoms with van der Waals surface area (Å²) in [5.41, 5.74) is 0. The molecule has 0 heterocycles. The van der Waals surface area contributed by atoms with Crippen molar-refractivity contribution in [3.05, 3.63) is 0 Å². The van der Waals surface area contributed by atoms with E-state index in [0.717, 1.165) is 6.42 Å². The fourth-order valence-corrected chi connectivity index (χ4v) is 1.30. The van der Waals surface area contributed by atoms with Crippen molar-refractivity contribution < 1.29 is 9.53 Å². The minimum Gasteiger partial charge on any atom is -0.464 e. The lowest BCUT2D eigenvalue weighted by molar-refractivity contribution is -0.146. The molecular weight excluding hydrogens is 218 g/mol. The summed E-state index contributed by atoms with van der Waals surface area (Å²) in [5, 5.41) is 2.84. The number of thiocarbonyl (C=S) groups is 1. The predicted molar refractivity (Wildman–Crippen MR) is 64.6 cm³/mol. The van der Waals surface area contributed by atoms with Gasteiger partial charge in [0.1, 0.15) is 10.4 Å². The van der Waals surface area contributed by atoms with E-state index >= 15 is 0 Å². The van der Waals surface area contributed by atoms with E-state index in [1.807, 2.05) is 13.8 Å². The van der Waals surface area contributed by atoms with E-state index in [1.165, 1.54) is 0 Å². The third-order valence-corrected chi connectivity index (χ3v) is 2.28. The van der Waals surface area contributed by atoms with Crippen molar-refractivity contribution in [2.75, 3.05) is 6.61 Å². The van der Waals surface area contributed by atoms with E-state index in [0.29, 0.717) is 10.9 Å². The molecule has 0 aliphatic carbocycles. The van der Waals surface area contributed by atoms with Gasteiger partial charge in [-0.05, 0) is 12.8 Å². The van der Waals surface area contributed by atoms with Gasteiger partial charge < -0.3 is 10.1 Å². The molecule has 0 saturated carbocycles. The van der Waals surface area contributed by atoms with Crippen molar-refractivity contribution in [1.29, 1.82) is 0 Å². The van der Waals surface area contributed by atoms with Gasteiger partial charge in [0.25, 0.3) is 0 Å². The largest absolute Gasteiger partial charge is 0.464 e.